The van der Waals surface area contributed by atoms with Crippen LogP contribution in [0.1, 0.15) is 64.1 Å². The van der Waals surface area contributed by atoms with Gasteiger partial charge in [0.25, 0.3) is 0 Å². The topological polar surface area (TPSA) is 142 Å². The number of carboxylic acids is 2. The van der Waals surface area contributed by atoms with Gasteiger partial charge in [0, 0.05) is 34.1 Å². The Bertz CT molecular complexity index is 2930. The number of carbonyl (C=O) groups is 4. The van der Waals surface area contributed by atoms with Crippen molar-refractivity contribution >= 4 is 71.9 Å². The van der Waals surface area contributed by atoms with E-state index in [9.17, 15) is 29.4 Å². The minimum absolute atomic E-state index is 0.228. The van der Waals surface area contributed by atoms with Crippen LogP contribution in [-0.2, 0) is 49.7 Å². The van der Waals surface area contributed by atoms with E-state index < -0.39 is 42.1 Å². The Kier molecular flexibility index (Phi) is 16.2. The molecular formula is C56H57BrN2O8S. The molecule has 0 radical (unpaired) electrons. The first-order valence-electron chi connectivity index (χ1n) is 22.9. The molecule has 0 fully saturated rings. The fraction of sp³-hybridized carbons (Fsp3) is 0.286. The molecule has 1 aliphatic heterocycles. The fourth-order valence-electron chi connectivity index (χ4n) is 9.03. The predicted octanol–water partition coefficient (Wildman–Crippen LogP) is 11.4. The van der Waals surface area contributed by atoms with Crippen LogP contribution in [0.4, 0.5) is 0 Å². The van der Waals surface area contributed by atoms with E-state index in [1.165, 1.54) is 41.8 Å². The fourth-order valence-corrected chi connectivity index (χ4v) is 10.9. The number of rotatable bonds is 15. The number of fused-ring (bicyclic) bond motifs is 3. The van der Waals surface area contributed by atoms with Crippen LogP contribution in [0.2, 0.25) is 0 Å². The molecule has 68 heavy (non-hydrogen) atoms. The Labute approximate surface area is 410 Å². The van der Waals surface area contributed by atoms with Gasteiger partial charge in [0.1, 0.15) is 17.8 Å². The Morgan fingerprint density at radius 3 is 2.01 bits per heavy atom. The highest BCUT2D eigenvalue weighted by atomic mass is 79.9. The Balaban J connectivity index is 0.000000203. The van der Waals surface area contributed by atoms with Gasteiger partial charge in [-0.3, -0.25) is 14.9 Å². The van der Waals surface area contributed by atoms with E-state index in [4.69, 9.17) is 9.47 Å². The van der Waals surface area contributed by atoms with E-state index in [2.05, 4.69) is 71.5 Å². The highest BCUT2D eigenvalue weighted by Gasteiger charge is 2.37. The minimum Gasteiger partial charge on any atom is -0.480 e. The van der Waals surface area contributed by atoms with Gasteiger partial charge < -0.3 is 24.6 Å². The average Bonchev–Trinajstić information content (AvgIpc) is 3.63. The van der Waals surface area contributed by atoms with Gasteiger partial charge >= 0.3 is 17.9 Å². The Hall–Kier alpha value is -6.34. The summed E-state index contributed by atoms with van der Waals surface area (Å²) in [5.74, 6) is -2.13. The molecular weight excluding hydrogens is 941 g/mol. The number of ether oxygens (including phenoxy) is 2. The van der Waals surface area contributed by atoms with Gasteiger partial charge in [0.15, 0.2) is 6.10 Å². The summed E-state index contributed by atoms with van der Waals surface area (Å²) in [6.07, 6.45) is 0.720. The third-order valence-corrected chi connectivity index (χ3v) is 14.9. The Morgan fingerprint density at radius 2 is 1.40 bits per heavy atom. The quantitative estimate of drug-likeness (QED) is 0.0856. The van der Waals surface area contributed by atoms with Gasteiger partial charge in [-0.2, -0.15) is 0 Å². The van der Waals surface area contributed by atoms with Gasteiger partial charge in [-0.05, 0) is 143 Å². The van der Waals surface area contributed by atoms with Crippen LogP contribution in [0, 0.1) is 27.7 Å². The first-order valence-corrected chi connectivity index (χ1v) is 24.5. The zero-order valence-corrected chi connectivity index (χ0v) is 41.6. The number of thiophene rings is 1. The number of aryl methyl sites for hydroxylation is 5. The molecule has 0 aliphatic carbocycles. The van der Waals surface area contributed by atoms with Crippen LogP contribution in [0.15, 0.2) is 126 Å². The van der Waals surface area contributed by atoms with Crippen LogP contribution in [-0.4, -0.2) is 69.8 Å². The van der Waals surface area contributed by atoms with E-state index in [1.807, 2.05) is 110 Å². The third-order valence-electron chi connectivity index (χ3n) is 12.6. The van der Waals surface area contributed by atoms with E-state index >= 15 is 0 Å². The molecule has 2 heterocycles. The standard InChI is InChI=1S/C31H27BrO3S.C25H30N2O5/c1-17-14-22(15-18(2)29(17)35-25(31(33)34)16-21-10-6-5-7-11-21)27-23-12-8-9-13-24(23)28(32)30-26(27)19(3)20(4)36-30;1-3-32-25(31)21(14-13-18-9-5-4-6-10-18)26-17(2)23(28)27-16-20-12-8-7-11-19(20)15-22(27)24(29)30/h5-15,25H,16H2,1-4H3,(H,33,34);4-12,17,21-22,26H,3,13-16H2,1-2H3,(H,29,30)/t25-;17-,21-,22-/m10/s1. The number of nitrogens with zero attached hydrogens (tertiary/aromatic N) is 1. The van der Waals surface area contributed by atoms with E-state index in [0.717, 1.165) is 43.4 Å². The molecule has 8 rings (SSSR count). The Morgan fingerprint density at radius 1 is 0.809 bits per heavy atom. The third kappa shape index (κ3) is 11.2. The summed E-state index contributed by atoms with van der Waals surface area (Å²) in [6, 6.07) is 37.3. The second-order valence-corrected chi connectivity index (χ2v) is 19.3. The van der Waals surface area contributed by atoms with Crippen LogP contribution in [0.3, 0.4) is 0 Å². The van der Waals surface area contributed by atoms with Crippen molar-refractivity contribution in [2.75, 3.05) is 6.61 Å². The number of aliphatic carboxylic acids is 2. The minimum atomic E-state index is -1.04. The van der Waals surface area contributed by atoms with Crippen molar-refractivity contribution < 1.29 is 38.9 Å². The molecule has 12 heteroatoms. The van der Waals surface area contributed by atoms with Crippen LogP contribution < -0.4 is 10.1 Å². The lowest BCUT2D eigenvalue weighted by atomic mass is 9.91. The maximum atomic E-state index is 13.3. The maximum absolute atomic E-state index is 13.3. The normalized spacial score (nSPS) is 14.6. The summed E-state index contributed by atoms with van der Waals surface area (Å²) in [6.45, 7) is 12.2. The van der Waals surface area contributed by atoms with Crippen LogP contribution in [0.5, 0.6) is 5.75 Å². The maximum Gasteiger partial charge on any atom is 0.345 e. The number of nitrogens with one attached hydrogen (secondary N) is 1. The van der Waals surface area contributed by atoms with Gasteiger partial charge in [-0.1, -0.05) is 109 Å². The molecule has 7 aromatic rings. The number of hydrogen-bond donors (Lipinski definition) is 3. The second-order valence-electron chi connectivity index (χ2n) is 17.3. The first-order chi connectivity index (χ1) is 32.7. The van der Waals surface area contributed by atoms with Crippen molar-refractivity contribution in [2.45, 2.75) is 98.0 Å². The molecule has 1 amide bonds. The molecule has 0 unspecified atom stereocenters. The number of carboxylic acid groups (broad SMARTS) is 2. The predicted molar refractivity (Wildman–Crippen MR) is 274 cm³/mol. The molecule has 3 N–H and O–H groups in total. The zero-order chi connectivity index (χ0) is 48.6. The number of carbonyl (C=O) groups excluding carboxylic acids is 2. The number of hydrogen-bond acceptors (Lipinski definition) is 8. The summed E-state index contributed by atoms with van der Waals surface area (Å²) in [7, 11) is 0. The molecule has 6 aromatic carbocycles. The summed E-state index contributed by atoms with van der Waals surface area (Å²) < 4.78 is 13.7. The molecule has 352 valence electrons. The highest BCUT2D eigenvalue weighted by Crippen LogP contribution is 2.48. The molecule has 4 atom stereocenters. The summed E-state index contributed by atoms with van der Waals surface area (Å²) in [5, 5.41) is 26.3. The number of halogens is 1. The lowest BCUT2D eigenvalue weighted by Gasteiger charge is -2.36. The van der Waals surface area contributed by atoms with Crippen molar-refractivity contribution in [1.82, 2.24) is 10.2 Å². The largest absolute Gasteiger partial charge is 0.480 e. The van der Waals surface area contributed by atoms with Crippen molar-refractivity contribution in [1.29, 1.82) is 0 Å². The molecule has 1 aliphatic rings. The SMILES string of the molecule is CCOC(=O)[C@H](CCc1ccccc1)N[C@@H](C)C(=O)N1Cc2ccccc2C[C@H]1C(=O)O.Cc1cc(-c2c3ccccc3c(Br)c3sc(C)c(C)c23)cc(C)c1O[C@H](Cc1ccccc1)C(=O)O. The van der Waals surface area contributed by atoms with Crippen LogP contribution in [0.25, 0.3) is 32.0 Å². The molecule has 1 aromatic heterocycles. The lowest BCUT2D eigenvalue weighted by molar-refractivity contribution is -0.153. The number of benzene rings is 6. The van der Waals surface area contributed by atoms with Crippen molar-refractivity contribution in [3.8, 4) is 16.9 Å². The van der Waals surface area contributed by atoms with Gasteiger partial charge in [-0.15, -0.1) is 11.3 Å². The van der Waals surface area contributed by atoms with E-state index in [0.29, 0.717) is 25.0 Å². The van der Waals surface area contributed by atoms with E-state index in [-0.39, 0.29) is 25.5 Å². The summed E-state index contributed by atoms with van der Waals surface area (Å²) in [5.41, 5.74) is 9.37. The van der Waals surface area contributed by atoms with Crippen molar-refractivity contribution in [3.63, 3.8) is 0 Å². The van der Waals surface area contributed by atoms with E-state index in [1.54, 1.807) is 13.8 Å². The molecule has 0 saturated heterocycles. The molecule has 0 saturated carbocycles. The van der Waals surface area contributed by atoms with Gasteiger partial charge in [0.2, 0.25) is 5.91 Å². The monoisotopic (exact) mass is 996 g/mol. The molecule has 10 nitrogen and oxygen atoms in total. The van der Waals surface area contributed by atoms with Crippen LogP contribution >= 0.6 is 27.3 Å². The second kappa shape index (κ2) is 22.2. The summed E-state index contributed by atoms with van der Waals surface area (Å²) in [4.78, 5) is 52.4. The van der Waals surface area contributed by atoms with Crippen molar-refractivity contribution in [3.05, 3.63) is 170 Å². The number of amides is 1. The molecule has 0 spiro atoms. The van der Waals surface area contributed by atoms with Gasteiger partial charge in [0.05, 0.1) is 17.3 Å². The lowest BCUT2D eigenvalue weighted by Crippen LogP contribution is -2.56. The number of esters is 1. The summed E-state index contributed by atoms with van der Waals surface area (Å²) >= 11 is 5.70. The van der Waals surface area contributed by atoms with Crippen molar-refractivity contribution in [2.24, 2.45) is 0 Å². The molecule has 0 bridgehead atoms. The average molecular weight is 998 g/mol. The van der Waals surface area contributed by atoms with Gasteiger partial charge in [-0.25, -0.2) is 9.59 Å². The smallest absolute Gasteiger partial charge is 0.345 e. The highest BCUT2D eigenvalue weighted by molar-refractivity contribution is 9.11. The zero-order valence-electron chi connectivity index (χ0n) is 39.2. The first kappa shape index (κ1) is 49.6.